The first-order valence-electron chi connectivity index (χ1n) is 8.41. The van der Waals surface area contributed by atoms with Crippen molar-refractivity contribution in [2.24, 2.45) is 0 Å². The van der Waals surface area contributed by atoms with E-state index in [9.17, 15) is 4.79 Å². The number of rotatable bonds is 4. The van der Waals surface area contributed by atoms with Crippen molar-refractivity contribution in [3.8, 4) is 0 Å². The number of halogens is 1. The summed E-state index contributed by atoms with van der Waals surface area (Å²) in [6, 6.07) is 3.31. The first kappa shape index (κ1) is 16.5. The van der Waals surface area contributed by atoms with Crippen molar-refractivity contribution in [2.45, 2.75) is 37.2 Å². The van der Waals surface area contributed by atoms with Gasteiger partial charge in [0.1, 0.15) is 11.3 Å². The van der Waals surface area contributed by atoms with Crippen LogP contribution in [0.4, 0.5) is 0 Å². The maximum absolute atomic E-state index is 12.6. The molecule has 0 bridgehead atoms. The summed E-state index contributed by atoms with van der Waals surface area (Å²) in [6.45, 7) is 1.08. The van der Waals surface area contributed by atoms with Crippen molar-refractivity contribution in [1.82, 2.24) is 20.0 Å². The molecule has 1 saturated carbocycles. The number of amides is 1. The molecule has 7 nitrogen and oxygen atoms in total. The first-order valence-corrected chi connectivity index (χ1v) is 8.79. The van der Waals surface area contributed by atoms with Gasteiger partial charge in [0, 0.05) is 45.2 Å². The molecule has 4 rings (SSSR count). The topological polar surface area (TPSA) is 81.4 Å². The normalized spacial score (nSPS) is 19.8. The number of nitrogens with zero attached hydrogens (tertiary/aromatic N) is 4. The van der Waals surface area contributed by atoms with Crippen LogP contribution >= 0.6 is 11.6 Å². The van der Waals surface area contributed by atoms with Crippen LogP contribution in [0.5, 0.6) is 0 Å². The van der Waals surface area contributed by atoms with Gasteiger partial charge in [-0.2, -0.15) is 4.98 Å². The average molecular weight is 363 g/mol. The lowest BCUT2D eigenvalue weighted by atomic mass is 9.90. The van der Waals surface area contributed by atoms with Crippen molar-refractivity contribution < 1.29 is 14.1 Å². The zero-order chi connectivity index (χ0) is 17.4. The number of hydrogen-bond donors (Lipinski definition) is 0. The third kappa shape index (κ3) is 3.14. The number of hydrogen-bond acceptors (Lipinski definition) is 6. The number of likely N-dealkylation sites (tertiary alicyclic amines) is 1. The van der Waals surface area contributed by atoms with E-state index in [0.29, 0.717) is 48.5 Å². The number of pyridine rings is 1. The summed E-state index contributed by atoms with van der Waals surface area (Å²) in [5, 5.41) is 4.60. The molecule has 2 aromatic heterocycles. The minimum atomic E-state index is -0.621. The molecular formula is C17H19ClN4O3. The summed E-state index contributed by atoms with van der Waals surface area (Å²) in [4.78, 5) is 23.0. The van der Waals surface area contributed by atoms with Crippen LogP contribution in [0.15, 0.2) is 22.9 Å². The Morgan fingerprint density at radius 3 is 2.72 bits per heavy atom. The lowest BCUT2D eigenvalue weighted by Gasteiger charge is -2.38. The van der Waals surface area contributed by atoms with Gasteiger partial charge in [-0.1, -0.05) is 16.8 Å². The molecular weight excluding hydrogens is 344 g/mol. The summed E-state index contributed by atoms with van der Waals surface area (Å²) in [5.41, 5.74) is -0.229. The van der Waals surface area contributed by atoms with E-state index < -0.39 is 5.60 Å². The molecule has 0 unspecified atom stereocenters. The fourth-order valence-corrected chi connectivity index (χ4v) is 3.28. The van der Waals surface area contributed by atoms with Gasteiger partial charge < -0.3 is 14.2 Å². The van der Waals surface area contributed by atoms with E-state index in [1.165, 1.54) is 6.20 Å². The second-order valence-corrected chi connectivity index (χ2v) is 7.02. The molecule has 0 atom stereocenters. The molecule has 1 amide bonds. The van der Waals surface area contributed by atoms with Gasteiger partial charge in [0.15, 0.2) is 5.82 Å². The van der Waals surface area contributed by atoms with Crippen molar-refractivity contribution in [1.29, 1.82) is 0 Å². The van der Waals surface area contributed by atoms with Gasteiger partial charge in [-0.05, 0) is 25.0 Å². The van der Waals surface area contributed by atoms with Gasteiger partial charge in [-0.3, -0.25) is 4.79 Å². The van der Waals surface area contributed by atoms with E-state index in [1.54, 1.807) is 24.1 Å². The summed E-state index contributed by atoms with van der Waals surface area (Å²) < 4.78 is 11.2. The highest BCUT2D eigenvalue weighted by Crippen LogP contribution is 2.41. The molecule has 132 valence electrons. The number of ether oxygens (including phenoxy) is 1. The van der Waals surface area contributed by atoms with Crippen molar-refractivity contribution >= 4 is 17.5 Å². The van der Waals surface area contributed by atoms with Crippen molar-refractivity contribution in [3.05, 3.63) is 40.8 Å². The SMILES string of the molecule is COC1(c2nc(C3CC3)no2)CCN(C(=O)c2ccc(Cl)cn2)CC1. The monoisotopic (exact) mass is 362 g/mol. The fraction of sp³-hybridized carbons (Fsp3) is 0.529. The molecule has 2 aliphatic rings. The Morgan fingerprint density at radius 1 is 1.36 bits per heavy atom. The summed E-state index contributed by atoms with van der Waals surface area (Å²) in [6.07, 6.45) is 4.94. The Kier molecular flexibility index (Phi) is 4.21. The summed E-state index contributed by atoms with van der Waals surface area (Å²) in [5.74, 6) is 1.62. The number of methoxy groups -OCH3 is 1. The molecule has 0 radical (unpaired) electrons. The number of carbonyl (C=O) groups excluding carboxylic acids is 1. The highest BCUT2D eigenvalue weighted by Gasteiger charge is 2.43. The summed E-state index contributed by atoms with van der Waals surface area (Å²) >= 11 is 5.83. The average Bonchev–Trinajstić information content (AvgIpc) is 3.38. The number of piperidine rings is 1. The van der Waals surface area contributed by atoms with E-state index in [-0.39, 0.29) is 5.91 Å². The van der Waals surface area contributed by atoms with E-state index in [0.717, 1.165) is 18.7 Å². The molecule has 0 spiro atoms. The predicted octanol–water partition coefficient (Wildman–Crippen LogP) is 2.77. The predicted molar refractivity (Wildman–Crippen MR) is 89.3 cm³/mol. The lowest BCUT2D eigenvalue weighted by Crippen LogP contribution is -2.46. The second-order valence-electron chi connectivity index (χ2n) is 6.58. The zero-order valence-electron chi connectivity index (χ0n) is 13.9. The Hall–Kier alpha value is -1.99. The Labute approximate surface area is 150 Å². The van der Waals surface area contributed by atoms with Crippen LogP contribution in [0.1, 0.15) is 53.8 Å². The maximum atomic E-state index is 12.6. The molecule has 3 heterocycles. The second kappa shape index (κ2) is 6.38. The molecule has 0 aromatic carbocycles. The van der Waals surface area contributed by atoms with E-state index in [1.807, 2.05) is 0 Å². The van der Waals surface area contributed by atoms with Gasteiger partial charge in [-0.15, -0.1) is 0 Å². The molecule has 8 heteroatoms. The third-order valence-corrected chi connectivity index (χ3v) is 5.19. The quantitative estimate of drug-likeness (QED) is 0.831. The minimum Gasteiger partial charge on any atom is -0.368 e. The molecule has 2 aromatic rings. The smallest absolute Gasteiger partial charge is 0.272 e. The molecule has 1 aliphatic carbocycles. The lowest BCUT2D eigenvalue weighted by molar-refractivity contribution is -0.0779. The van der Waals surface area contributed by atoms with E-state index in [4.69, 9.17) is 20.9 Å². The summed E-state index contributed by atoms with van der Waals surface area (Å²) in [7, 11) is 1.65. The molecule has 1 saturated heterocycles. The zero-order valence-corrected chi connectivity index (χ0v) is 14.7. The van der Waals surface area contributed by atoms with Gasteiger partial charge in [0.2, 0.25) is 0 Å². The Morgan fingerprint density at radius 2 is 2.12 bits per heavy atom. The first-order chi connectivity index (χ1) is 12.1. The molecule has 1 aliphatic heterocycles. The van der Waals surface area contributed by atoms with E-state index >= 15 is 0 Å². The van der Waals surface area contributed by atoms with Crippen LogP contribution in [0.3, 0.4) is 0 Å². The molecule has 25 heavy (non-hydrogen) atoms. The van der Waals surface area contributed by atoms with Crippen molar-refractivity contribution in [2.75, 3.05) is 20.2 Å². The van der Waals surface area contributed by atoms with Gasteiger partial charge >= 0.3 is 0 Å². The minimum absolute atomic E-state index is 0.106. The number of carbonyl (C=O) groups is 1. The van der Waals surface area contributed by atoms with Crippen molar-refractivity contribution in [3.63, 3.8) is 0 Å². The van der Waals surface area contributed by atoms with Crippen LogP contribution in [0.25, 0.3) is 0 Å². The largest absolute Gasteiger partial charge is 0.368 e. The molecule has 2 fully saturated rings. The van der Waals surface area contributed by atoms with Gasteiger partial charge in [0.05, 0.1) is 5.02 Å². The number of aromatic nitrogens is 3. The molecule has 0 N–H and O–H groups in total. The van der Waals surface area contributed by atoms with Crippen LogP contribution < -0.4 is 0 Å². The standard InChI is InChI=1S/C17H19ClN4O3/c1-24-17(16-20-14(21-25-16)11-2-3-11)6-8-22(9-7-17)15(23)13-5-4-12(18)10-19-13/h4-5,10-11H,2-3,6-9H2,1H3. The van der Waals surface area contributed by atoms with Crippen LogP contribution in [-0.2, 0) is 10.3 Å². The van der Waals surface area contributed by atoms with Gasteiger partial charge in [0.25, 0.3) is 11.8 Å². The highest BCUT2D eigenvalue weighted by molar-refractivity contribution is 6.30. The van der Waals surface area contributed by atoms with Crippen LogP contribution in [0.2, 0.25) is 5.02 Å². The maximum Gasteiger partial charge on any atom is 0.272 e. The van der Waals surface area contributed by atoms with Crippen LogP contribution in [0, 0.1) is 0 Å². The van der Waals surface area contributed by atoms with Gasteiger partial charge in [-0.25, -0.2) is 4.98 Å². The fourth-order valence-electron chi connectivity index (χ4n) is 3.17. The van der Waals surface area contributed by atoms with E-state index in [2.05, 4.69) is 15.1 Å². The van der Waals surface area contributed by atoms with Crippen LogP contribution in [-0.4, -0.2) is 46.1 Å². The highest BCUT2D eigenvalue weighted by atomic mass is 35.5. The Balaban J connectivity index is 1.46. The Bertz CT molecular complexity index is 764. The third-order valence-electron chi connectivity index (χ3n) is 4.97.